The zero-order chi connectivity index (χ0) is 24.2. The zero-order valence-electron chi connectivity index (χ0n) is 18.4. The van der Waals surface area contributed by atoms with Crippen LogP contribution in [0.15, 0.2) is 77.2 Å². The smallest absolute Gasteiger partial charge is 0.269 e. The molecule has 8 heteroatoms. The van der Waals surface area contributed by atoms with Gasteiger partial charge in [-0.3, -0.25) is 14.0 Å². The highest BCUT2D eigenvalue weighted by molar-refractivity contribution is 6.30. The molecule has 0 aliphatic rings. The van der Waals surface area contributed by atoms with E-state index in [0.29, 0.717) is 22.1 Å². The van der Waals surface area contributed by atoms with Crippen LogP contribution in [0, 0.1) is 25.2 Å². The third kappa shape index (κ3) is 4.82. The normalized spacial score (nSPS) is 11.2. The number of pyridine rings is 1. The monoisotopic (exact) mass is 470 g/mol. The molecule has 168 valence electrons. The Morgan fingerprint density at radius 1 is 1.15 bits per heavy atom. The SMILES string of the molecule is Cc1ccc(C)c(NC(=O)/C(C#N)=C/c2c(Oc3ccc(Cl)cc3)nc3ccccn3c2=O)c1. The van der Waals surface area contributed by atoms with Gasteiger partial charge in [0, 0.05) is 16.9 Å². The lowest BCUT2D eigenvalue weighted by Gasteiger charge is -2.11. The molecule has 0 aliphatic carbocycles. The summed E-state index contributed by atoms with van der Waals surface area (Å²) in [5, 5.41) is 13.0. The number of amides is 1. The number of fused-ring (bicyclic) bond motifs is 1. The van der Waals surface area contributed by atoms with Crippen LogP contribution in [0.5, 0.6) is 11.6 Å². The standard InChI is InChI=1S/C26H19ClN4O3/c1-16-6-7-17(2)22(13-16)29-24(32)18(15-28)14-21-25(34-20-10-8-19(27)9-11-20)30-23-5-3-4-12-31(23)26(21)33/h3-14H,1-2H3,(H,29,32)/b18-14+. The van der Waals surface area contributed by atoms with E-state index in [1.165, 1.54) is 10.5 Å². The van der Waals surface area contributed by atoms with Gasteiger partial charge in [-0.2, -0.15) is 10.2 Å². The lowest BCUT2D eigenvalue weighted by atomic mass is 10.1. The molecule has 0 aliphatic heterocycles. The maximum atomic E-state index is 13.3. The van der Waals surface area contributed by atoms with Gasteiger partial charge in [0.2, 0.25) is 5.88 Å². The minimum absolute atomic E-state index is 0.0358. The van der Waals surface area contributed by atoms with E-state index >= 15 is 0 Å². The molecule has 2 heterocycles. The van der Waals surface area contributed by atoms with Crippen molar-refractivity contribution in [2.45, 2.75) is 13.8 Å². The Morgan fingerprint density at radius 2 is 1.91 bits per heavy atom. The van der Waals surface area contributed by atoms with Gasteiger partial charge < -0.3 is 10.1 Å². The van der Waals surface area contributed by atoms with Crippen molar-refractivity contribution < 1.29 is 9.53 Å². The summed E-state index contributed by atoms with van der Waals surface area (Å²) in [5.41, 5.74) is 1.95. The fourth-order valence-corrected chi connectivity index (χ4v) is 3.38. The Hall–Kier alpha value is -4.41. The average molecular weight is 471 g/mol. The van der Waals surface area contributed by atoms with Crippen LogP contribution in [0.3, 0.4) is 0 Å². The van der Waals surface area contributed by atoms with Crippen molar-refractivity contribution in [3.63, 3.8) is 0 Å². The van der Waals surface area contributed by atoms with Crippen molar-refractivity contribution in [1.82, 2.24) is 9.38 Å². The number of carbonyl (C=O) groups is 1. The topological polar surface area (TPSA) is 96.5 Å². The Kier molecular flexibility index (Phi) is 6.44. The molecule has 0 bridgehead atoms. The molecule has 0 radical (unpaired) electrons. The number of anilines is 1. The van der Waals surface area contributed by atoms with E-state index in [1.54, 1.807) is 48.7 Å². The van der Waals surface area contributed by atoms with Crippen LogP contribution in [0.2, 0.25) is 5.02 Å². The van der Waals surface area contributed by atoms with Gasteiger partial charge in [-0.1, -0.05) is 29.8 Å². The molecule has 0 saturated carbocycles. The highest BCUT2D eigenvalue weighted by Crippen LogP contribution is 2.25. The lowest BCUT2D eigenvalue weighted by Crippen LogP contribution is -2.20. The van der Waals surface area contributed by atoms with Gasteiger partial charge in [0.05, 0.1) is 0 Å². The summed E-state index contributed by atoms with van der Waals surface area (Å²) in [5.74, 6) is -0.290. The fourth-order valence-electron chi connectivity index (χ4n) is 3.25. The van der Waals surface area contributed by atoms with Crippen molar-refractivity contribution in [2.24, 2.45) is 0 Å². The van der Waals surface area contributed by atoms with Gasteiger partial charge in [-0.05, 0) is 73.5 Å². The number of hydrogen-bond donors (Lipinski definition) is 1. The number of nitrogens with one attached hydrogen (secondary N) is 1. The third-order valence-electron chi connectivity index (χ3n) is 5.06. The molecule has 7 nitrogen and oxygen atoms in total. The molecule has 2 aromatic carbocycles. The summed E-state index contributed by atoms with van der Waals surface area (Å²) in [6.45, 7) is 3.75. The van der Waals surface area contributed by atoms with E-state index in [9.17, 15) is 14.9 Å². The number of benzene rings is 2. The van der Waals surface area contributed by atoms with E-state index in [4.69, 9.17) is 16.3 Å². The second-order valence-corrected chi connectivity index (χ2v) is 8.00. The molecule has 0 spiro atoms. The van der Waals surface area contributed by atoms with Gasteiger partial charge in [0.1, 0.15) is 28.6 Å². The van der Waals surface area contributed by atoms with Gasteiger partial charge in [0.25, 0.3) is 11.5 Å². The van der Waals surface area contributed by atoms with Crippen LogP contribution in [0.1, 0.15) is 16.7 Å². The summed E-state index contributed by atoms with van der Waals surface area (Å²) < 4.78 is 7.18. The van der Waals surface area contributed by atoms with Crippen molar-refractivity contribution >= 4 is 34.9 Å². The first-order chi connectivity index (χ1) is 16.4. The van der Waals surface area contributed by atoms with E-state index in [0.717, 1.165) is 11.1 Å². The number of halogens is 1. The van der Waals surface area contributed by atoms with Crippen LogP contribution in [-0.2, 0) is 4.79 Å². The van der Waals surface area contributed by atoms with Gasteiger partial charge in [-0.15, -0.1) is 0 Å². The summed E-state index contributed by atoms with van der Waals surface area (Å²) in [6, 6.07) is 19.1. The molecule has 1 amide bonds. The lowest BCUT2D eigenvalue weighted by molar-refractivity contribution is -0.112. The molecule has 0 saturated heterocycles. The molecular weight excluding hydrogens is 452 g/mol. The predicted octanol–water partition coefficient (Wildman–Crippen LogP) is 5.30. The van der Waals surface area contributed by atoms with Crippen LogP contribution in [0.25, 0.3) is 11.7 Å². The molecule has 4 rings (SSSR count). The number of nitriles is 1. The number of aryl methyl sites for hydroxylation is 2. The Bertz CT molecular complexity index is 1530. The maximum absolute atomic E-state index is 13.3. The summed E-state index contributed by atoms with van der Waals surface area (Å²) in [4.78, 5) is 30.6. The van der Waals surface area contributed by atoms with Crippen LogP contribution in [-0.4, -0.2) is 15.3 Å². The highest BCUT2D eigenvalue weighted by atomic mass is 35.5. The van der Waals surface area contributed by atoms with E-state index < -0.39 is 11.5 Å². The molecule has 0 unspecified atom stereocenters. The van der Waals surface area contributed by atoms with Crippen LogP contribution >= 0.6 is 11.6 Å². The minimum Gasteiger partial charge on any atom is -0.438 e. The van der Waals surface area contributed by atoms with Crippen molar-refractivity contribution in [2.75, 3.05) is 5.32 Å². The molecule has 0 atom stereocenters. The number of rotatable bonds is 5. The largest absolute Gasteiger partial charge is 0.438 e. The van der Waals surface area contributed by atoms with E-state index in [2.05, 4.69) is 10.3 Å². The van der Waals surface area contributed by atoms with E-state index in [1.807, 2.05) is 38.1 Å². The zero-order valence-corrected chi connectivity index (χ0v) is 19.1. The summed E-state index contributed by atoms with van der Waals surface area (Å²) >= 11 is 5.94. The summed E-state index contributed by atoms with van der Waals surface area (Å²) in [6.07, 6.45) is 2.75. The van der Waals surface area contributed by atoms with E-state index in [-0.39, 0.29) is 17.0 Å². The molecule has 34 heavy (non-hydrogen) atoms. The average Bonchev–Trinajstić information content (AvgIpc) is 2.83. The minimum atomic E-state index is -0.647. The number of aromatic nitrogens is 2. The highest BCUT2D eigenvalue weighted by Gasteiger charge is 2.18. The van der Waals surface area contributed by atoms with Crippen molar-refractivity contribution in [1.29, 1.82) is 5.26 Å². The Labute approximate surface area is 200 Å². The second-order valence-electron chi connectivity index (χ2n) is 7.56. The second kappa shape index (κ2) is 9.61. The van der Waals surface area contributed by atoms with Crippen LogP contribution in [0.4, 0.5) is 5.69 Å². The molecule has 4 aromatic rings. The molecule has 0 fully saturated rings. The third-order valence-corrected chi connectivity index (χ3v) is 5.31. The number of ether oxygens (including phenoxy) is 1. The van der Waals surface area contributed by atoms with Gasteiger partial charge in [-0.25, -0.2) is 0 Å². The van der Waals surface area contributed by atoms with Crippen LogP contribution < -0.4 is 15.6 Å². The predicted molar refractivity (Wildman–Crippen MR) is 131 cm³/mol. The van der Waals surface area contributed by atoms with Crippen molar-refractivity contribution in [3.05, 3.63) is 105 Å². The first-order valence-corrected chi connectivity index (χ1v) is 10.7. The molecule has 1 N–H and O–H groups in total. The maximum Gasteiger partial charge on any atom is 0.269 e. The first kappa shape index (κ1) is 22.8. The molecular formula is C26H19ClN4O3. The molecule has 2 aromatic heterocycles. The fraction of sp³-hybridized carbons (Fsp3) is 0.0769. The Balaban J connectivity index is 1.80. The number of hydrogen-bond acceptors (Lipinski definition) is 5. The quantitative estimate of drug-likeness (QED) is 0.315. The number of carbonyl (C=O) groups excluding carboxylic acids is 1. The Morgan fingerprint density at radius 3 is 2.65 bits per heavy atom. The van der Waals surface area contributed by atoms with Crippen molar-refractivity contribution in [3.8, 4) is 17.7 Å². The first-order valence-electron chi connectivity index (χ1n) is 10.3. The number of nitrogens with zero attached hydrogens (tertiary/aromatic N) is 3. The van der Waals surface area contributed by atoms with Gasteiger partial charge >= 0.3 is 0 Å². The van der Waals surface area contributed by atoms with Gasteiger partial charge in [0.15, 0.2) is 0 Å². The summed E-state index contributed by atoms with van der Waals surface area (Å²) in [7, 11) is 0.